The minimum absolute atomic E-state index is 0.314. The Morgan fingerprint density at radius 1 is 1.33 bits per heavy atom. The lowest BCUT2D eigenvalue weighted by atomic mass is 10.2. The first-order valence-corrected chi connectivity index (χ1v) is 6.19. The zero-order chi connectivity index (χ0) is 13.0. The summed E-state index contributed by atoms with van der Waals surface area (Å²) in [5.74, 6) is 1.21. The third-order valence-electron chi connectivity index (χ3n) is 2.31. The molecule has 6 heteroatoms. The molecule has 0 aliphatic carbocycles. The number of nitrogens with one attached hydrogen (secondary N) is 3. The lowest BCUT2D eigenvalue weighted by Crippen LogP contribution is -2.10. The molecule has 0 unspecified atom stereocenters. The predicted octanol–water partition coefficient (Wildman–Crippen LogP) is 2.89. The molecule has 2 aromatic rings. The normalized spacial score (nSPS) is 10.7. The highest BCUT2D eigenvalue weighted by atomic mass is 35.5. The van der Waals surface area contributed by atoms with E-state index >= 15 is 0 Å². The van der Waals surface area contributed by atoms with Gasteiger partial charge in [0, 0.05) is 17.6 Å². The van der Waals surface area contributed by atoms with Crippen LogP contribution in [0.15, 0.2) is 24.3 Å². The minimum Gasteiger partial charge on any atom is -0.352 e. The van der Waals surface area contributed by atoms with Gasteiger partial charge in [0.2, 0.25) is 11.9 Å². The van der Waals surface area contributed by atoms with Crippen molar-refractivity contribution in [3.8, 4) is 0 Å². The first-order valence-electron chi connectivity index (χ1n) is 5.81. The number of benzene rings is 1. The Kier molecular flexibility index (Phi) is 4.04. The van der Waals surface area contributed by atoms with Crippen molar-refractivity contribution < 1.29 is 0 Å². The van der Waals surface area contributed by atoms with Gasteiger partial charge in [-0.15, -0.1) is 5.10 Å². The van der Waals surface area contributed by atoms with E-state index in [1.807, 2.05) is 38.1 Å². The van der Waals surface area contributed by atoms with E-state index in [2.05, 4.69) is 25.8 Å². The number of H-pyrrole nitrogens is 1. The van der Waals surface area contributed by atoms with Crippen LogP contribution >= 0.6 is 11.6 Å². The van der Waals surface area contributed by atoms with E-state index in [1.165, 1.54) is 0 Å². The zero-order valence-electron chi connectivity index (χ0n) is 10.4. The second-order valence-electron chi connectivity index (χ2n) is 4.25. The van der Waals surface area contributed by atoms with Crippen LogP contribution in [-0.4, -0.2) is 21.2 Å². The molecule has 96 valence electrons. The van der Waals surface area contributed by atoms with Crippen LogP contribution in [0.2, 0.25) is 5.02 Å². The third kappa shape index (κ3) is 3.37. The summed E-state index contributed by atoms with van der Waals surface area (Å²) in [6, 6.07) is 8.00. The summed E-state index contributed by atoms with van der Waals surface area (Å²) in [5.41, 5.74) is 1.02. The van der Waals surface area contributed by atoms with E-state index in [-0.39, 0.29) is 0 Å². The van der Waals surface area contributed by atoms with Gasteiger partial charge in [-0.25, -0.2) is 5.10 Å². The molecule has 0 atom stereocenters. The largest absolute Gasteiger partial charge is 0.352 e. The summed E-state index contributed by atoms with van der Waals surface area (Å²) < 4.78 is 0. The van der Waals surface area contributed by atoms with Crippen molar-refractivity contribution in [3.05, 3.63) is 34.9 Å². The van der Waals surface area contributed by atoms with Gasteiger partial charge in [-0.2, -0.15) is 4.98 Å². The third-order valence-corrected chi connectivity index (χ3v) is 2.67. The number of halogens is 1. The molecule has 0 bridgehead atoms. The van der Waals surface area contributed by atoms with E-state index in [4.69, 9.17) is 11.6 Å². The van der Waals surface area contributed by atoms with Gasteiger partial charge in [-0.1, -0.05) is 29.8 Å². The van der Waals surface area contributed by atoms with E-state index in [0.29, 0.717) is 24.5 Å². The van der Waals surface area contributed by atoms with Crippen LogP contribution in [0.3, 0.4) is 0 Å². The fourth-order valence-electron chi connectivity index (χ4n) is 1.49. The van der Waals surface area contributed by atoms with Gasteiger partial charge < -0.3 is 10.6 Å². The summed E-state index contributed by atoms with van der Waals surface area (Å²) in [4.78, 5) is 4.26. The number of hydrogen-bond acceptors (Lipinski definition) is 4. The highest BCUT2D eigenvalue weighted by molar-refractivity contribution is 6.31. The van der Waals surface area contributed by atoms with E-state index in [9.17, 15) is 0 Å². The van der Waals surface area contributed by atoms with Crippen LogP contribution in [-0.2, 0) is 6.54 Å². The number of nitrogens with zero attached hydrogens (tertiary/aromatic N) is 2. The second kappa shape index (κ2) is 5.73. The van der Waals surface area contributed by atoms with Gasteiger partial charge in [-0.05, 0) is 25.5 Å². The molecule has 5 nitrogen and oxygen atoms in total. The van der Waals surface area contributed by atoms with Crippen molar-refractivity contribution in [2.45, 2.75) is 26.4 Å². The summed E-state index contributed by atoms with van der Waals surface area (Å²) >= 11 is 6.06. The molecule has 1 aromatic carbocycles. The standard InChI is InChI=1S/C12H16ClN5/c1-8(2)15-12-16-11(17-18-12)14-7-9-5-3-4-6-10(9)13/h3-6,8H,7H2,1-2H3,(H3,14,15,16,17,18). The van der Waals surface area contributed by atoms with Crippen LogP contribution in [0.4, 0.5) is 11.9 Å². The molecule has 0 radical (unpaired) electrons. The van der Waals surface area contributed by atoms with Gasteiger partial charge in [0.05, 0.1) is 0 Å². The average molecular weight is 266 g/mol. The van der Waals surface area contributed by atoms with Crippen molar-refractivity contribution in [3.63, 3.8) is 0 Å². The van der Waals surface area contributed by atoms with Gasteiger partial charge >= 0.3 is 0 Å². The van der Waals surface area contributed by atoms with E-state index < -0.39 is 0 Å². The molecule has 0 fully saturated rings. The first kappa shape index (κ1) is 12.7. The molecule has 0 saturated heterocycles. The lowest BCUT2D eigenvalue weighted by molar-refractivity contribution is 0.876. The highest BCUT2D eigenvalue weighted by Gasteiger charge is 2.04. The minimum atomic E-state index is 0.314. The fourth-order valence-corrected chi connectivity index (χ4v) is 1.70. The molecule has 0 spiro atoms. The Hall–Kier alpha value is -1.75. The number of hydrogen-bond donors (Lipinski definition) is 3. The Bertz CT molecular complexity index is 509. The van der Waals surface area contributed by atoms with Crippen LogP contribution in [0.5, 0.6) is 0 Å². The predicted molar refractivity (Wildman–Crippen MR) is 73.9 cm³/mol. The van der Waals surface area contributed by atoms with Crippen LogP contribution < -0.4 is 10.6 Å². The zero-order valence-corrected chi connectivity index (χ0v) is 11.1. The van der Waals surface area contributed by atoms with E-state index in [1.54, 1.807) is 0 Å². The van der Waals surface area contributed by atoms with Crippen LogP contribution in [0.1, 0.15) is 19.4 Å². The Morgan fingerprint density at radius 2 is 2.11 bits per heavy atom. The summed E-state index contributed by atoms with van der Waals surface area (Å²) in [5, 5.41) is 13.9. The molecular weight excluding hydrogens is 250 g/mol. The lowest BCUT2D eigenvalue weighted by Gasteiger charge is -2.05. The van der Waals surface area contributed by atoms with Gasteiger partial charge in [0.25, 0.3) is 0 Å². The summed E-state index contributed by atoms with van der Waals surface area (Å²) in [7, 11) is 0. The second-order valence-corrected chi connectivity index (χ2v) is 4.66. The van der Waals surface area contributed by atoms with Gasteiger partial charge in [0.1, 0.15) is 0 Å². The van der Waals surface area contributed by atoms with Crippen molar-refractivity contribution in [2.75, 3.05) is 10.6 Å². The van der Waals surface area contributed by atoms with Crippen molar-refractivity contribution in [2.24, 2.45) is 0 Å². The average Bonchev–Trinajstić information content (AvgIpc) is 2.75. The molecular formula is C12H16ClN5. The first-order chi connectivity index (χ1) is 8.65. The smallest absolute Gasteiger partial charge is 0.243 e. The molecule has 0 aliphatic heterocycles. The quantitative estimate of drug-likeness (QED) is 0.778. The maximum Gasteiger partial charge on any atom is 0.243 e. The summed E-state index contributed by atoms with van der Waals surface area (Å²) in [6.45, 7) is 4.68. The number of anilines is 2. The Balaban J connectivity index is 1.94. The molecule has 18 heavy (non-hydrogen) atoms. The van der Waals surface area contributed by atoms with E-state index in [0.717, 1.165) is 10.6 Å². The topological polar surface area (TPSA) is 65.6 Å². The highest BCUT2D eigenvalue weighted by Crippen LogP contribution is 2.16. The number of aromatic nitrogens is 3. The molecule has 0 amide bonds. The molecule has 1 heterocycles. The van der Waals surface area contributed by atoms with Crippen molar-refractivity contribution in [1.82, 2.24) is 15.2 Å². The van der Waals surface area contributed by atoms with Gasteiger partial charge in [-0.3, -0.25) is 0 Å². The number of aromatic amines is 1. The molecule has 3 N–H and O–H groups in total. The maximum absolute atomic E-state index is 6.06. The summed E-state index contributed by atoms with van der Waals surface area (Å²) in [6.07, 6.45) is 0. The fraction of sp³-hybridized carbons (Fsp3) is 0.333. The maximum atomic E-state index is 6.06. The number of rotatable bonds is 5. The molecule has 0 aliphatic rings. The van der Waals surface area contributed by atoms with Crippen LogP contribution in [0, 0.1) is 0 Å². The van der Waals surface area contributed by atoms with Crippen molar-refractivity contribution in [1.29, 1.82) is 0 Å². The van der Waals surface area contributed by atoms with Crippen molar-refractivity contribution >= 4 is 23.5 Å². The molecule has 0 saturated carbocycles. The SMILES string of the molecule is CC(C)Nc1nc(NCc2ccccc2Cl)n[nH]1. The monoisotopic (exact) mass is 265 g/mol. The van der Waals surface area contributed by atoms with Gasteiger partial charge in [0.15, 0.2) is 0 Å². The molecule has 1 aromatic heterocycles. The molecule has 2 rings (SSSR count). The Morgan fingerprint density at radius 3 is 2.83 bits per heavy atom. The Labute approximate surface area is 111 Å². The van der Waals surface area contributed by atoms with Crippen LogP contribution in [0.25, 0.3) is 0 Å².